The first-order valence-corrected chi connectivity index (χ1v) is 5.75. The number of amides is 1. The van der Waals surface area contributed by atoms with Crippen LogP contribution in [-0.2, 0) is 17.8 Å². The average molecular weight is 245 g/mol. The SMILES string of the molecule is Cc1cccc(CNC(=O)Cc2noc(C)n2)c1. The van der Waals surface area contributed by atoms with Gasteiger partial charge in [0.15, 0.2) is 5.82 Å². The second-order valence-electron chi connectivity index (χ2n) is 4.17. The summed E-state index contributed by atoms with van der Waals surface area (Å²) in [4.78, 5) is 15.6. The maximum absolute atomic E-state index is 11.6. The molecule has 0 spiro atoms. The van der Waals surface area contributed by atoms with Crippen LogP contribution in [0.5, 0.6) is 0 Å². The van der Waals surface area contributed by atoms with Crippen molar-refractivity contribution in [2.45, 2.75) is 26.8 Å². The van der Waals surface area contributed by atoms with Gasteiger partial charge in [-0.1, -0.05) is 35.0 Å². The number of aryl methyl sites for hydroxylation is 2. The van der Waals surface area contributed by atoms with Gasteiger partial charge in [-0.3, -0.25) is 4.79 Å². The predicted molar refractivity (Wildman–Crippen MR) is 65.8 cm³/mol. The Kier molecular flexibility index (Phi) is 3.72. The molecule has 0 unspecified atom stereocenters. The molecule has 0 aliphatic rings. The fraction of sp³-hybridized carbons (Fsp3) is 0.308. The van der Waals surface area contributed by atoms with Gasteiger partial charge in [-0.25, -0.2) is 0 Å². The van der Waals surface area contributed by atoms with Crippen LogP contribution >= 0.6 is 0 Å². The van der Waals surface area contributed by atoms with Crippen LogP contribution in [0.2, 0.25) is 0 Å². The summed E-state index contributed by atoms with van der Waals surface area (Å²) < 4.78 is 4.80. The molecule has 0 saturated carbocycles. The highest BCUT2D eigenvalue weighted by atomic mass is 16.5. The number of hydrogen-bond donors (Lipinski definition) is 1. The quantitative estimate of drug-likeness (QED) is 0.887. The summed E-state index contributed by atoms with van der Waals surface area (Å²) in [5.41, 5.74) is 2.25. The zero-order chi connectivity index (χ0) is 13.0. The van der Waals surface area contributed by atoms with Crippen LogP contribution < -0.4 is 5.32 Å². The van der Waals surface area contributed by atoms with E-state index in [0.717, 1.165) is 5.56 Å². The maximum atomic E-state index is 11.6. The van der Waals surface area contributed by atoms with E-state index in [-0.39, 0.29) is 12.3 Å². The van der Waals surface area contributed by atoms with Crippen molar-refractivity contribution in [2.24, 2.45) is 0 Å². The molecule has 0 saturated heterocycles. The Balaban J connectivity index is 1.85. The molecule has 1 aromatic heterocycles. The number of aromatic nitrogens is 2. The highest BCUT2D eigenvalue weighted by Gasteiger charge is 2.08. The zero-order valence-corrected chi connectivity index (χ0v) is 10.4. The highest BCUT2D eigenvalue weighted by molar-refractivity contribution is 5.77. The molecule has 18 heavy (non-hydrogen) atoms. The summed E-state index contributed by atoms with van der Waals surface area (Å²) >= 11 is 0. The van der Waals surface area contributed by atoms with Crippen molar-refractivity contribution < 1.29 is 9.32 Å². The number of carbonyl (C=O) groups excluding carboxylic acids is 1. The molecular formula is C13H15N3O2. The molecule has 1 amide bonds. The lowest BCUT2D eigenvalue weighted by Gasteiger charge is -2.04. The van der Waals surface area contributed by atoms with Gasteiger partial charge >= 0.3 is 0 Å². The highest BCUT2D eigenvalue weighted by Crippen LogP contribution is 2.03. The van der Waals surface area contributed by atoms with E-state index in [0.29, 0.717) is 18.3 Å². The van der Waals surface area contributed by atoms with Crippen molar-refractivity contribution in [1.29, 1.82) is 0 Å². The monoisotopic (exact) mass is 245 g/mol. The van der Waals surface area contributed by atoms with Gasteiger partial charge < -0.3 is 9.84 Å². The largest absolute Gasteiger partial charge is 0.352 e. The van der Waals surface area contributed by atoms with Gasteiger partial charge in [0, 0.05) is 13.5 Å². The third kappa shape index (κ3) is 3.41. The van der Waals surface area contributed by atoms with Gasteiger partial charge in [0.1, 0.15) is 0 Å². The van der Waals surface area contributed by atoms with E-state index in [9.17, 15) is 4.79 Å². The number of nitrogens with zero attached hydrogens (tertiary/aromatic N) is 2. The molecule has 94 valence electrons. The number of nitrogens with one attached hydrogen (secondary N) is 1. The predicted octanol–water partition coefficient (Wildman–Crippen LogP) is 1.55. The van der Waals surface area contributed by atoms with Gasteiger partial charge in [-0.05, 0) is 12.5 Å². The second kappa shape index (κ2) is 5.44. The summed E-state index contributed by atoms with van der Waals surface area (Å²) in [6.45, 7) is 4.23. The maximum Gasteiger partial charge on any atom is 0.228 e. The topological polar surface area (TPSA) is 68.0 Å². The average Bonchev–Trinajstić information content (AvgIpc) is 2.72. The Morgan fingerprint density at radius 2 is 2.22 bits per heavy atom. The molecule has 0 bridgehead atoms. The van der Waals surface area contributed by atoms with Crippen LogP contribution in [0.25, 0.3) is 0 Å². The number of benzene rings is 1. The molecule has 0 atom stereocenters. The lowest BCUT2D eigenvalue weighted by Crippen LogP contribution is -2.25. The normalized spacial score (nSPS) is 10.3. The summed E-state index contributed by atoms with van der Waals surface area (Å²) in [6, 6.07) is 8.01. The van der Waals surface area contributed by atoms with Crippen LogP contribution in [0.1, 0.15) is 22.8 Å². The van der Waals surface area contributed by atoms with Gasteiger partial charge in [-0.2, -0.15) is 4.98 Å². The Bertz CT molecular complexity index is 549. The van der Waals surface area contributed by atoms with Crippen LogP contribution in [0.3, 0.4) is 0 Å². The minimum atomic E-state index is -0.114. The minimum absolute atomic E-state index is 0.114. The van der Waals surface area contributed by atoms with E-state index < -0.39 is 0 Å². The van der Waals surface area contributed by atoms with Gasteiger partial charge in [0.2, 0.25) is 11.8 Å². The zero-order valence-electron chi connectivity index (χ0n) is 10.4. The Hall–Kier alpha value is -2.17. The molecule has 1 aromatic carbocycles. The lowest BCUT2D eigenvalue weighted by atomic mass is 10.1. The molecule has 5 heteroatoms. The first-order chi connectivity index (χ1) is 8.63. The molecule has 1 heterocycles. The van der Waals surface area contributed by atoms with Gasteiger partial charge in [-0.15, -0.1) is 0 Å². The van der Waals surface area contributed by atoms with E-state index in [4.69, 9.17) is 4.52 Å². The summed E-state index contributed by atoms with van der Waals surface area (Å²) in [7, 11) is 0. The van der Waals surface area contributed by atoms with Crippen molar-refractivity contribution in [3.05, 3.63) is 47.1 Å². The van der Waals surface area contributed by atoms with Crippen molar-refractivity contribution >= 4 is 5.91 Å². The fourth-order valence-corrected chi connectivity index (χ4v) is 1.64. The van der Waals surface area contributed by atoms with E-state index in [2.05, 4.69) is 15.5 Å². The number of rotatable bonds is 4. The third-order valence-corrected chi connectivity index (χ3v) is 2.46. The molecule has 2 aromatic rings. The van der Waals surface area contributed by atoms with Crippen LogP contribution in [0.15, 0.2) is 28.8 Å². The molecule has 0 aliphatic carbocycles. The van der Waals surface area contributed by atoms with Crippen molar-refractivity contribution in [2.75, 3.05) is 0 Å². The Labute approximate surface area is 105 Å². The van der Waals surface area contributed by atoms with Crippen molar-refractivity contribution in [1.82, 2.24) is 15.5 Å². The lowest BCUT2D eigenvalue weighted by molar-refractivity contribution is -0.120. The summed E-state index contributed by atoms with van der Waals surface area (Å²) in [5, 5.41) is 6.50. The molecule has 5 nitrogen and oxygen atoms in total. The van der Waals surface area contributed by atoms with E-state index in [1.165, 1.54) is 5.56 Å². The smallest absolute Gasteiger partial charge is 0.228 e. The minimum Gasteiger partial charge on any atom is -0.352 e. The van der Waals surface area contributed by atoms with Crippen LogP contribution in [0.4, 0.5) is 0 Å². The molecule has 2 rings (SSSR count). The second-order valence-corrected chi connectivity index (χ2v) is 4.17. The Morgan fingerprint density at radius 3 is 2.89 bits per heavy atom. The van der Waals surface area contributed by atoms with Crippen molar-refractivity contribution in [3.63, 3.8) is 0 Å². The molecule has 1 N–H and O–H groups in total. The van der Waals surface area contributed by atoms with E-state index in [1.54, 1.807) is 6.92 Å². The standard InChI is InChI=1S/C13H15N3O2/c1-9-4-3-5-11(6-9)8-14-13(17)7-12-15-10(2)18-16-12/h3-6H,7-8H2,1-2H3,(H,14,17). The molecular weight excluding hydrogens is 230 g/mol. The van der Waals surface area contributed by atoms with Crippen molar-refractivity contribution in [3.8, 4) is 0 Å². The van der Waals surface area contributed by atoms with Gasteiger partial charge in [0.05, 0.1) is 6.42 Å². The molecule has 0 aliphatic heterocycles. The number of hydrogen-bond acceptors (Lipinski definition) is 4. The fourth-order valence-electron chi connectivity index (χ4n) is 1.64. The first-order valence-electron chi connectivity index (χ1n) is 5.75. The third-order valence-electron chi connectivity index (χ3n) is 2.46. The Morgan fingerprint density at radius 1 is 1.39 bits per heavy atom. The first kappa shape index (κ1) is 12.3. The molecule has 0 fully saturated rings. The van der Waals surface area contributed by atoms with Gasteiger partial charge in [0.25, 0.3) is 0 Å². The molecule has 0 radical (unpaired) electrons. The van der Waals surface area contributed by atoms with Crippen LogP contribution in [0, 0.1) is 13.8 Å². The summed E-state index contributed by atoms with van der Waals surface area (Å²) in [6.07, 6.45) is 0.142. The van der Waals surface area contributed by atoms with E-state index >= 15 is 0 Å². The summed E-state index contributed by atoms with van der Waals surface area (Å²) in [5.74, 6) is 0.767. The van der Waals surface area contributed by atoms with E-state index in [1.807, 2.05) is 31.2 Å². The number of carbonyl (C=O) groups is 1. The van der Waals surface area contributed by atoms with Crippen LogP contribution in [-0.4, -0.2) is 16.0 Å².